The lowest BCUT2D eigenvalue weighted by Crippen LogP contribution is -2.25. The van der Waals surface area contributed by atoms with Crippen molar-refractivity contribution in [3.8, 4) is 5.75 Å². The Kier molecular flexibility index (Phi) is 3.49. The molecule has 5 heteroatoms. The van der Waals surface area contributed by atoms with E-state index in [0.717, 1.165) is 29.4 Å². The van der Waals surface area contributed by atoms with Crippen molar-refractivity contribution < 1.29 is 9.90 Å². The molecule has 0 saturated carbocycles. The second-order valence-corrected chi connectivity index (χ2v) is 6.27. The van der Waals surface area contributed by atoms with Crippen molar-refractivity contribution in [1.29, 1.82) is 0 Å². The Labute approximate surface area is 139 Å². The summed E-state index contributed by atoms with van der Waals surface area (Å²) in [5, 5.41) is 18.4. The van der Waals surface area contributed by atoms with Gasteiger partial charge in [0.25, 0.3) is 5.91 Å². The number of H-pyrrole nitrogens is 1. The molecule has 0 bridgehead atoms. The molecular weight excluding hydrogens is 302 g/mol. The van der Waals surface area contributed by atoms with Gasteiger partial charge in [-0.1, -0.05) is 37.6 Å². The number of carbonyl (C=O) groups is 1. The summed E-state index contributed by atoms with van der Waals surface area (Å²) in [5.74, 6) is -0.149. The van der Waals surface area contributed by atoms with Gasteiger partial charge in [0.15, 0.2) is 0 Å². The molecule has 1 aliphatic rings. The first-order valence-corrected chi connectivity index (χ1v) is 8.23. The van der Waals surface area contributed by atoms with Crippen LogP contribution < -0.4 is 0 Å². The second kappa shape index (κ2) is 5.67. The van der Waals surface area contributed by atoms with Gasteiger partial charge in [0, 0.05) is 24.5 Å². The maximum atomic E-state index is 12.9. The number of rotatable bonds is 3. The summed E-state index contributed by atoms with van der Waals surface area (Å²) in [7, 11) is 0. The van der Waals surface area contributed by atoms with Crippen molar-refractivity contribution in [3.63, 3.8) is 0 Å². The van der Waals surface area contributed by atoms with E-state index in [9.17, 15) is 9.90 Å². The molecule has 5 nitrogen and oxygen atoms in total. The lowest BCUT2D eigenvalue weighted by atomic mass is 10.1. The summed E-state index contributed by atoms with van der Waals surface area (Å²) in [5.41, 5.74) is 4.38. The number of carbonyl (C=O) groups excluding carboxylic acids is 1. The minimum atomic E-state index is -0.144. The number of benzene rings is 2. The third-order valence-corrected chi connectivity index (χ3v) is 4.60. The van der Waals surface area contributed by atoms with Crippen molar-refractivity contribution in [1.82, 2.24) is 15.1 Å². The number of fused-ring (bicyclic) bond motifs is 2. The molecule has 2 aromatic carbocycles. The van der Waals surface area contributed by atoms with E-state index >= 15 is 0 Å². The zero-order chi connectivity index (χ0) is 16.7. The SMILES string of the molecule is CCCc1n[nH]c2cc(O)c(C(=O)N3Cc4ccccc4C3)cc12. The van der Waals surface area contributed by atoms with Crippen LogP contribution >= 0.6 is 0 Å². The average molecular weight is 321 g/mol. The number of hydrogen-bond acceptors (Lipinski definition) is 3. The zero-order valence-corrected chi connectivity index (χ0v) is 13.5. The number of nitrogens with zero attached hydrogens (tertiary/aromatic N) is 2. The van der Waals surface area contributed by atoms with Gasteiger partial charge in [-0.25, -0.2) is 0 Å². The third-order valence-electron chi connectivity index (χ3n) is 4.60. The molecule has 2 N–H and O–H groups in total. The average Bonchev–Trinajstić information content (AvgIpc) is 3.18. The molecule has 0 atom stereocenters. The molecular formula is C19H19N3O2. The molecule has 1 amide bonds. The van der Waals surface area contributed by atoms with E-state index in [1.807, 2.05) is 24.3 Å². The van der Waals surface area contributed by atoms with Crippen molar-refractivity contribution in [2.24, 2.45) is 0 Å². The first kappa shape index (κ1) is 14.8. The third kappa shape index (κ3) is 2.33. The molecule has 0 radical (unpaired) electrons. The first-order valence-electron chi connectivity index (χ1n) is 8.23. The largest absolute Gasteiger partial charge is 0.507 e. The number of amides is 1. The quantitative estimate of drug-likeness (QED) is 0.777. The molecule has 0 fully saturated rings. The van der Waals surface area contributed by atoms with Crippen LogP contribution in [0.2, 0.25) is 0 Å². The number of nitrogens with one attached hydrogen (secondary N) is 1. The van der Waals surface area contributed by atoms with Crippen LogP contribution in [0.25, 0.3) is 10.9 Å². The number of aromatic hydroxyl groups is 1. The predicted molar refractivity (Wildman–Crippen MR) is 91.8 cm³/mol. The second-order valence-electron chi connectivity index (χ2n) is 6.27. The van der Waals surface area contributed by atoms with Crippen LogP contribution in [-0.4, -0.2) is 26.1 Å². The summed E-state index contributed by atoms with van der Waals surface area (Å²) >= 11 is 0. The van der Waals surface area contributed by atoms with Crippen LogP contribution in [-0.2, 0) is 19.5 Å². The van der Waals surface area contributed by atoms with Gasteiger partial charge in [-0.05, 0) is 23.6 Å². The van der Waals surface area contributed by atoms with Gasteiger partial charge in [-0.3, -0.25) is 9.89 Å². The maximum absolute atomic E-state index is 12.9. The van der Waals surface area contributed by atoms with Gasteiger partial charge in [0.05, 0.1) is 16.8 Å². The van der Waals surface area contributed by atoms with Crippen LogP contribution in [0.3, 0.4) is 0 Å². The van der Waals surface area contributed by atoms with Gasteiger partial charge < -0.3 is 10.0 Å². The minimum Gasteiger partial charge on any atom is -0.507 e. The Morgan fingerprint density at radius 1 is 1.25 bits per heavy atom. The summed E-state index contributed by atoms with van der Waals surface area (Å²) in [6.45, 7) is 3.26. The van der Waals surface area contributed by atoms with Gasteiger partial charge in [0.2, 0.25) is 0 Å². The molecule has 0 aliphatic carbocycles. The molecule has 0 spiro atoms. The van der Waals surface area contributed by atoms with Gasteiger partial charge >= 0.3 is 0 Å². The predicted octanol–water partition coefficient (Wildman–Crippen LogP) is 3.38. The fraction of sp³-hybridized carbons (Fsp3) is 0.263. The monoisotopic (exact) mass is 321 g/mol. The molecule has 0 saturated heterocycles. The topological polar surface area (TPSA) is 69.2 Å². The maximum Gasteiger partial charge on any atom is 0.258 e. The Morgan fingerprint density at radius 2 is 1.96 bits per heavy atom. The van der Waals surface area contributed by atoms with Crippen LogP contribution in [0.4, 0.5) is 0 Å². The van der Waals surface area contributed by atoms with Crippen molar-refractivity contribution in [3.05, 3.63) is 58.8 Å². The summed E-state index contributed by atoms with van der Waals surface area (Å²) in [6.07, 6.45) is 1.82. The number of aryl methyl sites for hydroxylation is 1. The Morgan fingerprint density at radius 3 is 2.62 bits per heavy atom. The van der Waals surface area contributed by atoms with E-state index in [-0.39, 0.29) is 11.7 Å². The van der Waals surface area contributed by atoms with E-state index in [4.69, 9.17) is 0 Å². The fourth-order valence-electron chi connectivity index (χ4n) is 3.35. The van der Waals surface area contributed by atoms with Gasteiger partial charge in [-0.15, -0.1) is 0 Å². The number of hydrogen-bond donors (Lipinski definition) is 2. The fourth-order valence-corrected chi connectivity index (χ4v) is 3.35. The molecule has 4 rings (SSSR count). The van der Waals surface area contributed by atoms with Gasteiger partial charge in [0.1, 0.15) is 5.75 Å². The molecule has 1 aromatic heterocycles. The number of phenols is 1. The van der Waals surface area contributed by atoms with Crippen LogP contribution in [0.5, 0.6) is 5.75 Å². The molecule has 2 heterocycles. The Bertz CT molecular complexity index is 905. The molecule has 24 heavy (non-hydrogen) atoms. The smallest absolute Gasteiger partial charge is 0.258 e. The van der Waals surface area contributed by atoms with Crippen LogP contribution in [0.15, 0.2) is 36.4 Å². The minimum absolute atomic E-state index is 0.00449. The number of aromatic amines is 1. The highest BCUT2D eigenvalue weighted by Crippen LogP contribution is 2.30. The van der Waals surface area contributed by atoms with Crippen LogP contribution in [0.1, 0.15) is 40.5 Å². The van der Waals surface area contributed by atoms with E-state index in [1.54, 1.807) is 17.0 Å². The summed E-state index contributed by atoms with van der Waals surface area (Å²) in [4.78, 5) is 14.7. The Balaban J connectivity index is 1.70. The number of aromatic nitrogens is 2. The Hall–Kier alpha value is -2.82. The van der Waals surface area contributed by atoms with Crippen molar-refractivity contribution in [2.75, 3.05) is 0 Å². The highest BCUT2D eigenvalue weighted by atomic mass is 16.3. The van der Waals surface area contributed by atoms with Crippen molar-refractivity contribution >= 4 is 16.8 Å². The van der Waals surface area contributed by atoms with Gasteiger partial charge in [-0.2, -0.15) is 5.10 Å². The first-order chi connectivity index (χ1) is 11.7. The highest BCUT2D eigenvalue weighted by Gasteiger charge is 2.26. The molecule has 3 aromatic rings. The normalized spacial score (nSPS) is 13.5. The highest BCUT2D eigenvalue weighted by molar-refractivity contribution is 6.01. The standard InChI is InChI=1S/C19H19N3O2/c1-2-5-16-14-8-15(18(23)9-17(14)21-20-16)19(24)22-10-12-6-3-4-7-13(12)11-22/h3-4,6-9,23H,2,5,10-11H2,1H3,(H,20,21). The number of phenolic OH excluding ortho intramolecular Hbond substituents is 1. The summed E-state index contributed by atoms with van der Waals surface area (Å²) in [6, 6.07) is 11.4. The van der Waals surface area contributed by atoms with Crippen LogP contribution in [0, 0.1) is 0 Å². The lowest BCUT2D eigenvalue weighted by Gasteiger charge is -2.16. The lowest BCUT2D eigenvalue weighted by molar-refractivity contribution is 0.0748. The van der Waals surface area contributed by atoms with E-state index in [0.29, 0.717) is 18.7 Å². The van der Waals surface area contributed by atoms with E-state index in [1.165, 1.54) is 11.1 Å². The molecule has 0 unspecified atom stereocenters. The van der Waals surface area contributed by atoms with E-state index in [2.05, 4.69) is 17.1 Å². The summed E-state index contributed by atoms with van der Waals surface area (Å²) < 4.78 is 0. The molecule has 122 valence electrons. The van der Waals surface area contributed by atoms with Crippen molar-refractivity contribution in [2.45, 2.75) is 32.9 Å². The molecule has 1 aliphatic heterocycles. The van der Waals surface area contributed by atoms with E-state index < -0.39 is 0 Å². The zero-order valence-electron chi connectivity index (χ0n) is 13.5.